The number of rotatable bonds is 20. The molecule has 0 radical (unpaired) electrons. The van der Waals surface area contributed by atoms with Gasteiger partial charge in [0, 0.05) is 24.5 Å². The van der Waals surface area contributed by atoms with Crippen LogP contribution in [0.5, 0.6) is 5.75 Å². The minimum Gasteiger partial charge on any atom is -0.508 e. The van der Waals surface area contributed by atoms with Crippen LogP contribution in [-0.2, 0) is 41.5 Å². The first-order valence-corrected chi connectivity index (χ1v) is 19.9. The molecule has 7 N–H and O–H groups in total. The smallest absolute Gasteiger partial charge is 0.260 e. The Morgan fingerprint density at radius 2 is 1.67 bits per heavy atom. The van der Waals surface area contributed by atoms with E-state index in [-0.39, 0.29) is 42.9 Å². The molecule has 5 rings (SSSR count). The SMILES string of the molecule is CC(C)C[C@H](NC(=O)[C@@H](O)[C@H](N)Cc1ccccc1)C(=O)NCCOCCOCCNC(=O)CO/N=C1/CC[C@H]2[C@@H]3CCc4cc(O)ccc4[C@@H]3CC[C@]12C. The highest BCUT2D eigenvalue weighted by molar-refractivity contribution is 5.92. The Kier molecular flexibility index (Phi) is 15.5. The van der Waals surface area contributed by atoms with E-state index < -0.39 is 24.1 Å². The minimum atomic E-state index is -1.46. The molecule has 0 unspecified atom stereocenters. The molecule has 2 aromatic carbocycles. The molecule has 13 nitrogen and oxygen atoms in total. The third kappa shape index (κ3) is 11.5. The second-order valence-electron chi connectivity index (χ2n) is 16.0. The maximum absolute atomic E-state index is 12.9. The number of amides is 3. The van der Waals surface area contributed by atoms with Gasteiger partial charge in [0.25, 0.3) is 11.8 Å². The summed E-state index contributed by atoms with van der Waals surface area (Å²) in [5.74, 6) is 0.849. The molecule has 0 saturated heterocycles. The molecule has 2 aromatic rings. The van der Waals surface area contributed by atoms with E-state index in [1.807, 2.05) is 56.3 Å². The number of carbonyl (C=O) groups excluding carboxylic acids is 3. The number of aliphatic hydroxyl groups excluding tert-OH is 1. The van der Waals surface area contributed by atoms with Gasteiger partial charge in [0.05, 0.1) is 32.1 Å². The third-order valence-corrected chi connectivity index (χ3v) is 11.6. The Labute approximate surface area is 325 Å². The summed E-state index contributed by atoms with van der Waals surface area (Å²) in [5, 5.41) is 33.2. The van der Waals surface area contributed by atoms with Crippen LogP contribution in [0.25, 0.3) is 0 Å². The number of oxime groups is 1. The summed E-state index contributed by atoms with van der Waals surface area (Å²) in [5.41, 5.74) is 10.8. The maximum atomic E-state index is 12.9. The number of ether oxygens (including phenoxy) is 2. The van der Waals surface area contributed by atoms with Gasteiger partial charge in [-0.2, -0.15) is 0 Å². The summed E-state index contributed by atoms with van der Waals surface area (Å²) < 4.78 is 11.1. The molecule has 0 aromatic heterocycles. The van der Waals surface area contributed by atoms with Crippen LogP contribution in [0.15, 0.2) is 53.7 Å². The molecular formula is C42H61N5O8. The number of nitrogens with one attached hydrogen (secondary N) is 3. The molecule has 3 amide bonds. The fraction of sp³-hybridized carbons (Fsp3) is 0.619. The molecule has 3 aliphatic rings. The number of phenolic OH excluding ortho intramolecular Hbond substituents is 1. The predicted molar refractivity (Wildman–Crippen MR) is 209 cm³/mol. The second kappa shape index (κ2) is 20.2. The average Bonchev–Trinajstić information content (AvgIpc) is 3.50. The lowest BCUT2D eigenvalue weighted by atomic mass is 9.55. The lowest BCUT2D eigenvalue weighted by Crippen LogP contribution is -2.54. The number of hydrogen-bond acceptors (Lipinski definition) is 10. The number of hydrogen-bond donors (Lipinski definition) is 6. The van der Waals surface area contributed by atoms with Crippen molar-refractivity contribution in [3.8, 4) is 5.75 Å². The van der Waals surface area contributed by atoms with Crippen molar-refractivity contribution in [2.45, 2.75) is 96.2 Å². The van der Waals surface area contributed by atoms with Crippen LogP contribution in [0.1, 0.15) is 81.9 Å². The van der Waals surface area contributed by atoms with E-state index in [1.54, 1.807) is 0 Å². The van der Waals surface area contributed by atoms with E-state index in [1.165, 1.54) is 11.1 Å². The van der Waals surface area contributed by atoms with Gasteiger partial charge in [-0.05, 0) is 104 Å². The summed E-state index contributed by atoms with van der Waals surface area (Å²) in [4.78, 5) is 43.6. The molecule has 0 bridgehead atoms. The van der Waals surface area contributed by atoms with Crippen LogP contribution < -0.4 is 21.7 Å². The largest absolute Gasteiger partial charge is 0.508 e. The summed E-state index contributed by atoms with van der Waals surface area (Å²) in [7, 11) is 0. The third-order valence-electron chi connectivity index (χ3n) is 11.6. The Balaban J connectivity index is 0.905. The summed E-state index contributed by atoms with van der Waals surface area (Å²) in [6, 6.07) is 13.6. The van der Waals surface area contributed by atoms with Gasteiger partial charge in [-0.1, -0.05) is 62.3 Å². The van der Waals surface area contributed by atoms with E-state index in [0.29, 0.717) is 62.7 Å². The van der Waals surface area contributed by atoms with Gasteiger partial charge in [0.1, 0.15) is 17.9 Å². The van der Waals surface area contributed by atoms with Crippen molar-refractivity contribution in [3.05, 3.63) is 65.2 Å². The molecule has 2 fully saturated rings. The highest BCUT2D eigenvalue weighted by atomic mass is 16.6. The van der Waals surface area contributed by atoms with Crippen LogP contribution in [0.3, 0.4) is 0 Å². The highest BCUT2D eigenvalue weighted by Gasteiger charge is 2.53. The number of carbonyl (C=O) groups is 3. The van der Waals surface area contributed by atoms with Gasteiger partial charge in [-0.15, -0.1) is 0 Å². The van der Waals surface area contributed by atoms with Crippen molar-refractivity contribution in [2.24, 2.45) is 34.1 Å². The topological polar surface area (TPSA) is 194 Å². The quantitative estimate of drug-likeness (QED) is 0.0867. The second-order valence-corrected chi connectivity index (χ2v) is 16.0. The standard InChI is InChI=1S/C42H61N5O8/c1-27(2)23-36(46-41(52)39(50)35(43)24-28-7-5-4-6-8-28)40(51)45-18-20-54-22-21-53-19-17-44-38(49)26-55-47-37-14-13-34-33-11-9-29-25-30(48)10-12-31(29)32(33)15-16-42(34,37)3/h4-8,10,12,25,27,32-36,39,48,50H,9,11,13-24,26,43H2,1-3H3,(H,44,49)(H,45,51)(H,46,52)/b47-37-/t32-,33+,34-,35+,36-,39-,42-/m0/s1. The molecule has 2 saturated carbocycles. The van der Waals surface area contributed by atoms with Gasteiger partial charge in [0.2, 0.25) is 5.91 Å². The van der Waals surface area contributed by atoms with Crippen LogP contribution in [0.4, 0.5) is 0 Å². The number of fused-ring (bicyclic) bond motifs is 5. The molecule has 0 spiro atoms. The zero-order valence-electron chi connectivity index (χ0n) is 32.6. The number of nitrogens with zero attached hydrogens (tertiary/aromatic N) is 1. The molecule has 302 valence electrons. The average molecular weight is 764 g/mol. The molecule has 0 heterocycles. The number of aryl methyl sites for hydroxylation is 1. The predicted octanol–water partition coefficient (Wildman–Crippen LogP) is 3.35. The number of phenols is 1. The van der Waals surface area contributed by atoms with Gasteiger partial charge in [-0.25, -0.2) is 0 Å². The van der Waals surface area contributed by atoms with Gasteiger partial charge >= 0.3 is 0 Å². The lowest BCUT2D eigenvalue weighted by molar-refractivity contribution is -0.135. The Hall–Kier alpha value is -4.04. The van der Waals surface area contributed by atoms with E-state index >= 15 is 0 Å². The highest BCUT2D eigenvalue weighted by Crippen LogP contribution is 2.60. The molecule has 13 heteroatoms. The monoisotopic (exact) mass is 763 g/mol. The van der Waals surface area contributed by atoms with Gasteiger partial charge in [0.15, 0.2) is 6.61 Å². The molecule has 55 heavy (non-hydrogen) atoms. The molecular weight excluding hydrogens is 702 g/mol. The van der Waals surface area contributed by atoms with Crippen LogP contribution in [-0.4, -0.2) is 98.0 Å². The van der Waals surface area contributed by atoms with Crippen molar-refractivity contribution in [3.63, 3.8) is 0 Å². The minimum absolute atomic E-state index is 0.0102. The Morgan fingerprint density at radius 1 is 0.945 bits per heavy atom. The lowest BCUT2D eigenvalue weighted by Gasteiger charge is -2.49. The maximum Gasteiger partial charge on any atom is 0.260 e. The van der Waals surface area contributed by atoms with Gasteiger partial charge < -0.3 is 46.2 Å². The van der Waals surface area contributed by atoms with Crippen LogP contribution >= 0.6 is 0 Å². The first kappa shape index (κ1) is 42.1. The van der Waals surface area contributed by atoms with Crippen molar-refractivity contribution in [2.75, 3.05) is 46.1 Å². The van der Waals surface area contributed by atoms with Crippen molar-refractivity contribution in [1.82, 2.24) is 16.0 Å². The number of nitrogens with two attached hydrogens (primary N) is 1. The Bertz CT molecular complexity index is 1610. The normalized spacial score (nSPS) is 23.9. The number of aromatic hydroxyl groups is 1. The Morgan fingerprint density at radius 3 is 2.40 bits per heavy atom. The zero-order chi connectivity index (χ0) is 39.4. The molecule has 7 atom stereocenters. The van der Waals surface area contributed by atoms with E-state index in [0.717, 1.165) is 49.8 Å². The zero-order valence-corrected chi connectivity index (χ0v) is 32.6. The summed E-state index contributed by atoms with van der Waals surface area (Å²) >= 11 is 0. The van der Waals surface area contributed by atoms with E-state index in [2.05, 4.69) is 34.1 Å². The molecule has 0 aliphatic heterocycles. The number of aliphatic hydroxyl groups is 1. The first-order chi connectivity index (χ1) is 26.5. The van der Waals surface area contributed by atoms with Crippen LogP contribution in [0, 0.1) is 23.2 Å². The molecule has 3 aliphatic carbocycles. The number of benzene rings is 2. The van der Waals surface area contributed by atoms with Gasteiger partial charge in [-0.3, -0.25) is 14.4 Å². The summed E-state index contributed by atoms with van der Waals surface area (Å²) in [6.07, 6.45) is 5.51. The first-order valence-electron chi connectivity index (χ1n) is 19.9. The summed E-state index contributed by atoms with van der Waals surface area (Å²) in [6.45, 7) is 7.80. The fourth-order valence-corrected chi connectivity index (χ4v) is 8.83. The van der Waals surface area contributed by atoms with Crippen molar-refractivity contribution in [1.29, 1.82) is 0 Å². The van der Waals surface area contributed by atoms with E-state index in [9.17, 15) is 24.6 Å². The fourth-order valence-electron chi connectivity index (χ4n) is 8.83. The van der Waals surface area contributed by atoms with Crippen molar-refractivity contribution >= 4 is 23.4 Å². The van der Waals surface area contributed by atoms with Crippen molar-refractivity contribution < 1.29 is 38.9 Å². The van der Waals surface area contributed by atoms with Crippen LogP contribution in [0.2, 0.25) is 0 Å². The van der Waals surface area contributed by atoms with E-state index in [4.69, 9.17) is 20.0 Å².